The summed E-state index contributed by atoms with van der Waals surface area (Å²) in [4.78, 5) is 23.0. The summed E-state index contributed by atoms with van der Waals surface area (Å²) in [5, 5.41) is 11.9. The van der Waals surface area contributed by atoms with Gasteiger partial charge >= 0.3 is 5.97 Å². The molecule has 0 heterocycles. The lowest BCUT2D eigenvalue weighted by molar-refractivity contribution is -0.137. The van der Waals surface area contributed by atoms with E-state index >= 15 is 0 Å². The van der Waals surface area contributed by atoms with Crippen LogP contribution in [-0.4, -0.2) is 17.0 Å². The van der Waals surface area contributed by atoms with Crippen LogP contribution in [0.4, 0.5) is 0 Å². The number of benzene rings is 1. The molecule has 1 aromatic rings. The number of rotatable bonds is 9. The molecule has 2 atom stereocenters. The molecule has 2 N–H and O–H groups in total. The zero-order valence-electron chi connectivity index (χ0n) is 13.7. The summed E-state index contributed by atoms with van der Waals surface area (Å²) in [6, 6.07) is 9.31. The van der Waals surface area contributed by atoms with Gasteiger partial charge in [0.15, 0.2) is 0 Å². The molecule has 0 saturated heterocycles. The first-order chi connectivity index (χ1) is 10.4. The van der Waals surface area contributed by atoms with E-state index in [4.69, 9.17) is 5.11 Å². The normalized spacial score (nSPS) is 13.6. The molecule has 1 aromatic carbocycles. The average molecular weight is 305 g/mol. The summed E-state index contributed by atoms with van der Waals surface area (Å²) in [6.07, 6.45) is 1.94. The molecule has 0 aromatic heterocycles. The van der Waals surface area contributed by atoms with E-state index < -0.39 is 5.97 Å². The standard InChI is InChI=1S/C18H27NO3/c1-13(2)11-14(3)12-17(20)19-16(9-10-18(21)22)15-7-5-4-6-8-15/h4-8,13-14,16H,9-12H2,1-3H3,(H,19,20)(H,21,22). The number of carbonyl (C=O) groups is 2. The van der Waals surface area contributed by atoms with Gasteiger partial charge in [0.2, 0.25) is 5.91 Å². The third kappa shape index (κ3) is 7.25. The Morgan fingerprint density at radius 3 is 2.32 bits per heavy atom. The van der Waals surface area contributed by atoms with Crippen LogP contribution >= 0.6 is 0 Å². The average Bonchev–Trinajstić information content (AvgIpc) is 2.43. The minimum atomic E-state index is -0.844. The van der Waals surface area contributed by atoms with E-state index in [-0.39, 0.29) is 18.4 Å². The van der Waals surface area contributed by atoms with Gasteiger partial charge in [-0.25, -0.2) is 0 Å². The second-order valence-electron chi connectivity index (χ2n) is 6.40. The Hall–Kier alpha value is -1.84. The van der Waals surface area contributed by atoms with Crippen LogP contribution in [0.25, 0.3) is 0 Å². The van der Waals surface area contributed by atoms with Crippen molar-refractivity contribution in [2.75, 3.05) is 0 Å². The molecule has 22 heavy (non-hydrogen) atoms. The molecule has 1 rings (SSSR count). The van der Waals surface area contributed by atoms with Gasteiger partial charge < -0.3 is 10.4 Å². The fourth-order valence-corrected chi connectivity index (χ4v) is 2.73. The summed E-state index contributed by atoms with van der Waals surface area (Å²) in [6.45, 7) is 6.37. The van der Waals surface area contributed by atoms with Crippen LogP contribution in [0.2, 0.25) is 0 Å². The van der Waals surface area contributed by atoms with Crippen molar-refractivity contribution in [3.63, 3.8) is 0 Å². The minimum Gasteiger partial charge on any atom is -0.481 e. The van der Waals surface area contributed by atoms with Crippen molar-refractivity contribution in [2.45, 2.75) is 52.5 Å². The van der Waals surface area contributed by atoms with Gasteiger partial charge in [0.25, 0.3) is 0 Å². The van der Waals surface area contributed by atoms with Gasteiger partial charge in [-0.1, -0.05) is 51.1 Å². The Balaban J connectivity index is 2.64. The van der Waals surface area contributed by atoms with E-state index in [0.717, 1.165) is 12.0 Å². The third-order valence-electron chi connectivity index (χ3n) is 3.59. The van der Waals surface area contributed by atoms with E-state index in [1.807, 2.05) is 30.3 Å². The van der Waals surface area contributed by atoms with Crippen LogP contribution in [-0.2, 0) is 9.59 Å². The zero-order valence-corrected chi connectivity index (χ0v) is 13.7. The molecule has 4 heteroatoms. The van der Waals surface area contributed by atoms with Gasteiger partial charge in [0.05, 0.1) is 6.04 Å². The lowest BCUT2D eigenvalue weighted by atomic mass is 9.95. The van der Waals surface area contributed by atoms with Gasteiger partial charge in [0, 0.05) is 12.8 Å². The topological polar surface area (TPSA) is 66.4 Å². The predicted octanol–water partition coefficient (Wildman–Crippen LogP) is 3.78. The first-order valence-electron chi connectivity index (χ1n) is 7.94. The Kier molecular flexibility index (Phi) is 7.64. The molecule has 0 bridgehead atoms. The van der Waals surface area contributed by atoms with E-state index in [1.54, 1.807) is 0 Å². The van der Waals surface area contributed by atoms with Gasteiger partial charge in [-0.3, -0.25) is 9.59 Å². The summed E-state index contributed by atoms with van der Waals surface area (Å²) < 4.78 is 0. The largest absolute Gasteiger partial charge is 0.481 e. The summed E-state index contributed by atoms with van der Waals surface area (Å²) in [7, 11) is 0. The zero-order chi connectivity index (χ0) is 16.5. The number of hydrogen-bond donors (Lipinski definition) is 2. The fraction of sp³-hybridized carbons (Fsp3) is 0.556. The Bertz CT molecular complexity index is 470. The molecule has 4 nitrogen and oxygen atoms in total. The monoisotopic (exact) mass is 305 g/mol. The summed E-state index contributed by atoms with van der Waals surface area (Å²) in [5.74, 6) is 0.0476. The highest BCUT2D eigenvalue weighted by molar-refractivity contribution is 5.76. The lowest BCUT2D eigenvalue weighted by Gasteiger charge is -2.20. The Morgan fingerprint density at radius 1 is 1.14 bits per heavy atom. The molecule has 0 radical (unpaired) electrons. The van der Waals surface area contributed by atoms with Crippen LogP contribution in [0.3, 0.4) is 0 Å². The molecule has 1 amide bonds. The number of hydrogen-bond acceptors (Lipinski definition) is 2. The van der Waals surface area contributed by atoms with Crippen LogP contribution in [0.5, 0.6) is 0 Å². The maximum absolute atomic E-state index is 12.2. The van der Waals surface area contributed by atoms with Crippen molar-refractivity contribution in [1.29, 1.82) is 0 Å². The number of aliphatic carboxylic acids is 1. The molecular weight excluding hydrogens is 278 g/mol. The first kappa shape index (κ1) is 18.2. The molecular formula is C18H27NO3. The van der Waals surface area contributed by atoms with E-state index in [0.29, 0.717) is 24.7 Å². The van der Waals surface area contributed by atoms with Crippen LogP contribution < -0.4 is 5.32 Å². The van der Waals surface area contributed by atoms with E-state index in [9.17, 15) is 9.59 Å². The maximum Gasteiger partial charge on any atom is 0.303 e. The molecule has 0 saturated carbocycles. The van der Waals surface area contributed by atoms with Gasteiger partial charge in [-0.05, 0) is 30.2 Å². The maximum atomic E-state index is 12.2. The highest BCUT2D eigenvalue weighted by Gasteiger charge is 2.17. The molecule has 0 fully saturated rings. The van der Waals surface area contributed by atoms with Gasteiger partial charge in [0.1, 0.15) is 0 Å². The van der Waals surface area contributed by atoms with Crippen LogP contribution in [0.15, 0.2) is 30.3 Å². The number of carboxylic acid groups (broad SMARTS) is 1. The minimum absolute atomic E-state index is 0.00704. The number of carbonyl (C=O) groups excluding carboxylic acids is 1. The molecule has 2 unspecified atom stereocenters. The summed E-state index contributed by atoms with van der Waals surface area (Å²) >= 11 is 0. The number of amides is 1. The first-order valence-corrected chi connectivity index (χ1v) is 7.94. The molecule has 122 valence electrons. The van der Waals surface area contributed by atoms with Crippen molar-refractivity contribution >= 4 is 11.9 Å². The van der Waals surface area contributed by atoms with Gasteiger partial charge in [-0.15, -0.1) is 0 Å². The quantitative estimate of drug-likeness (QED) is 0.729. The third-order valence-corrected chi connectivity index (χ3v) is 3.59. The van der Waals surface area contributed by atoms with Crippen molar-refractivity contribution in [3.05, 3.63) is 35.9 Å². The SMILES string of the molecule is CC(C)CC(C)CC(=O)NC(CCC(=O)O)c1ccccc1. The van der Waals surface area contributed by atoms with Crippen molar-refractivity contribution in [1.82, 2.24) is 5.32 Å². The van der Waals surface area contributed by atoms with Crippen molar-refractivity contribution < 1.29 is 14.7 Å². The second kappa shape index (κ2) is 9.23. The predicted molar refractivity (Wildman–Crippen MR) is 87.4 cm³/mol. The molecule has 0 spiro atoms. The van der Waals surface area contributed by atoms with Crippen LogP contribution in [0, 0.1) is 11.8 Å². The van der Waals surface area contributed by atoms with Crippen molar-refractivity contribution in [3.8, 4) is 0 Å². The highest BCUT2D eigenvalue weighted by Crippen LogP contribution is 2.20. The summed E-state index contributed by atoms with van der Waals surface area (Å²) in [5.41, 5.74) is 0.952. The van der Waals surface area contributed by atoms with E-state index in [1.165, 1.54) is 0 Å². The molecule has 0 aliphatic heterocycles. The fourth-order valence-electron chi connectivity index (χ4n) is 2.73. The smallest absolute Gasteiger partial charge is 0.303 e. The highest BCUT2D eigenvalue weighted by atomic mass is 16.4. The van der Waals surface area contributed by atoms with Crippen molar-refractivity contribution in [2.24, 2.45) is 11.8 Å². The second-order valence-corrected chi connectivity index (χ2v) is 6.40. The Labute approximate surface area is 132 Å². The van der Waals surface area contributed by atoms with Gasteiger partial charge in [-0.2, -0.15) is 0 Å². The Morgan fingerprint density at radius 2 is 1.77 bits per heavy atom. The molecule has 0 aliphatic rings. The number of nitrogens with one attached hydrogen (secondary N) is 1. The lowest BCUT2D eigenvalue weighted by Crippen LogP contribution is -2.30. The van der Waals surface area contributed by atoms with E-state index in [2.05, 4.69) is 26.1 Å². The number of carboxylic acids is 1. The molecule has 0 aliphatic carbocycles. The van der Waals surface area contributed by atoms with Crippen LogP contribution in [0.1, 0.15) is 58.1 Å².